The molecule has 0 spiro atoms. The number of nitrogens with zero attached hydrogens (tertiary/aromatic N) is 1. The zero-order valence-corrected chi connectivity index (χ0v) is 15.6. The van der Waals surface area contributed by atoms with Crippen LogP contribution in [0.4, 0.5) is 11.4 Å². The lowest BCUT2D eigenvalue weighted by molar-refractivity contribution is 0.103. The molecule has 0 bridgehead atoms. The molecule has 24 heavy (non-hydrogen) atoms. The standard InChI is InChI=1S/C16H21N3O3S2/c1-4-5-9-14-17-11(2)15(23-14)16(20)18-12-7-6-8-13(10-12)19-24(3,21)22/h6-8,10,19H,4-5,9H2,1-3H3,(H,18,20). The van der Waals surface area contributed by atoms with Crippen LogP contribution < -0.4 is 10.0 Å². The van der Waals surface area contributed by atoms with Crippen molar-refractivity contribution in [1.29, 1.82) is 0 Å². The van der Waals surface area contributed by atoms with Crippen LogP contribution in [0.5, 0.6) is 0 Å². The number of amides is 1. The fourth-order valence-electron chi connectivity index (χ4n) is 2.16. The van der Waals surface area contributed by atoms with Gasteiger partial charge in [0.25, 0.3) is 5.91 Å². The van der Waals surface area contributed by atoms with Crippen molar-refractivity contribution in [1.82, 2.24) is 4.98 Å². The molecule has 0 atom stereocenters. The van der Waals surface area contributed by atoms with E-state index in [1.807, 2.05) is 6.92 Å². The molecule has 130 valence electrons. The van der Waals surface area contributed by atoms with E-state index in [0.717, 1.165) is 30.5 Å². The molecule has 1 heterocycles. The number of rotatable bonds is 7. The number of carbonyl (C=O) groups is 1. The van der Waals surface area contributed by atoms with E-state index in [4.69, 9.17) is 0 Å². The third-order valence-electron chi connectivity index (χ3n) is 3.21. The van der Waals surface area contributed by atoms with Crippen LogP contribution in [0.1, 0.15) is 40.1 Å². The minimum Gasteiger partial charge on any atom is -0.321 e. The summed E-state index contributed by atoms with van der Waals surface area (Å²) in [7, 11) is -3.36. The van der Waals surface area contributed by atoms with E-state index >= 15 is 0 Å². The Balaban J connectivity index is 2.12. The summed E-state index contributed by atoms with van der Waals surface area (Å²) in [6.07, 6.45) is 4.09. The Hall–Kier alpha value is -1.93. The van der Waals surface area contributed by atoms with Gasteiger partial charge in [0.05, 0.1) is 22.6 Å². The molecule has 8 heteroatoms. The molecular weight excluding hydrogens is 346 g/mol. The Kier molecular flexibility index (Phi) is 5.95. The highest BCUT2D eigenvalue weighted by molar-refractivity contribution is 7.92. The van der Waals surface area contributed by atoms with Gasteiger partial charge in [-0.15, -0.1) is 11.3 Å². The number of anilines is 2. The molecule has 1 aromatic heterocycles. The Bertz CT molecular complexity index is 829. The average molecular weight is 367 g/mol. The molecule has 6 nitrogen and oxygen atoms in total. The monoisotopic (exact) mass is 367 g/mol. The molecule has 1 aromatic carbocycles. The topological polar surface area (TPSA) is 88.2 Å². The molecule has 0 unspecified atom stereocenters. The number of carbonyl (C=O) groups excluding carboxylic acids is 1. The van der Waals surface area contributed by atoms with Crippen LogP contribution in [0.15, 0.2) is 24.3 Å². The van der Waals surface area contributed by atoms with Gasteiger partial charge in [-0.25, -0.2) is 13.4 Å². The molecule has 2 N–H and O–H groups in total. The van der Waals surface area contributed by atoms with Crippen LogP contribution in [0.3, 0.4) is 0 Å². The molecule has 0 aliphatic heterocycles. The molecule has 2 aromatic rings. The van der Waals surface area contributed by atoms with Crippen LogP contribution >= 0.6 is 11.3 Å². The van der Waals surface area contributed by atoms with Crippen molar-refractivity contribution in [3.05, 3.63) is 39.8 Å². The third kappa shape index (κ3) is 5.31. The summed E-state index contributed by atoms with van der Waals surface area (Å²) < 4.78 is 25.0. The fourth-order valence-corrected chi connectivity index (χ4v) is 3.72. The lowest BCUT2D eigenvalue weighted by atomic mass is 10.2. The van der Waals surface area contributed by atoms with Gasteiger partial charge in [-0.05, 0) is 38.0 Å². The number of benzene rings is 1. The van der Waals surface area contributed by atoms with Crippen LogP contribution in [-0.2, 0) is 16.4 Å². The largest absolute Gasteiger partial charge is 0.321 e. The van der Waals surface area contributed by atoms with E-state index in [2.05, 4.69) is 21.9 Å². The van der Waals surface area contributed by atoms with Crippen molar-refractivity contribution in [2.24, 2.45) is 0 Å². The maximum Gasteiger partial charge on any atom is 0.267 e. The normalized spacial score (nSPS) is 11.3. The fraction of sp³-hybridized carbons (Fsp3) is 0.375. The summed E-state index contributed by atoms with van der Waals surface area (Å²) >= 11 is 1.41. The minimum atomic E-state index is -3.36. The van der Waals surface area contributed by atoms with Gasteiger partial charge in [-0.3, -0.25) is 9.52 Å². The van der Waals surface area contributed by atoms with Gasteiger partial charge in [0, 0.05) is 5.69 Å². The predicted molar refractivity (Wildman–Crippen MR) is 98.3 cm³/mol. The van der Waals surface area contributed by atoms with Crippen LogP contribution in [-0.4, -0.2) is 25.6 Å². The SMILES string of the molecule is CCCCc1nc(C)c(C(=O)Nc2cccc(NS(C)(=O)=O)c2)s1. The summed E-state index contributed by atoms with van der Waals surface area (Å²) in [5.74, 6) is -0.232. The molecule has 0 aliphatic carbocycles. The maximum absolute atomic E-state index is 12.4. The highest BCUT2D eigenvalue weighted by Crippen LogP contribution is 2.22. The minimum absolute atomic E-state index is 0.232. The zero-order chi connectivity index (χ0) is 17.7. The first-order chi connectivity index (χ1) is 11.3. The van der Waals surface area contributed by atoms with E-state index in [1.165, 1.54) is 11.3 Å². The second kappa shape index (κ2) is 7.76. The summed E-state index contributed by atoms with van der Waals surface area (Å²) in [5.41, 5.74) is 1.64. The Morgan fingerprint density at radius 1 is 1.29 bits per heavy atom. The van der Waals surface area contributed by atoms with Crippen molar-refractivity contribution in [2.75, 3.05) is 16.3 Å². The molecule has 0 fully saturated rings. The number of nitrogens with one attached hydrogen (secondary N) is 2. The maximum atomic E-state index is 12.4. The lowest BCUT2D eigenvalue weighted by Gasteiger charge is -2.08. The Labute approximate surface area is 146 Å². The molecular formula is C16H21N3O3S2. The molecule has 2 rings (SSSR count). The summed E-state index contributed by atoms with van der Waals surface area (Å²) in [6, 6.07) is 6.58. The zero-order valence-electron chi connectivity index (χ0n) is 13.9. The van der Waals surface area contributed by atoms with Crippen molar-refractivity contribution < 1.29 is 13.2 Å². The highest BCUT2D eigenvalue weighted by atomic mass is 32.2. The second-order valence-corrected chi connectivity index (χ2v) is 8.37. The average Bonchev–Trinajstić information content (AvgIpc) is 2.85. The first-order valence-corrected chi connectivity index (χ1v) is 10.3. The summed E-state index contributed by atoms with van der Waals surface area (Å²) in [4.78, 5) is 17.5. The molecule has 0 saturated heterocycles. The highest BCUT2D eigenvalue weighted by Gasteiger charge is 2.15. The van der Waals surface area contributed by atoms with E-state index < -0.39 is 10.0 Å². The van der Waals surface area contributed by atoms with Gasteiger partial charge in [0.2, 0.25) is 10.0 Å². The van der Waals surface area contributed by atoms with Gasteiger partial charge >= 0.3 is 0 Å². The number of aryl methyl sites for hydroxylation is 2. The Morgan fingerprint density at radius 2 is 2.00 bits per heavy atom. The van der Waals surface area contributed by atoms with E-state index in [0.29, 0.717) is 21.9 Å². The molecule has 1 amide bonds. The smallest absolute Gasteiger partial charge is 0.267 e. The third-order valence-corrected chi connectivity index (χ3v) is 5.04. The van der Waals surface area contributed by atoms with Gasteiger partial charge in [-0.2, -0.15) is 0 Å². The van der Waals surface area contributed by atoms with Crippen LogP contribution in [0.2, 0.25) is 0 Å². The molecule has 0 radical (unpaired) electrons. The summed E-state index contributed by atoms with van der Waals surface area (Å²) in [6.45, 7) is 3.94. The number of sulfonamides is 1. The number of unbranched alkanes of at least 4 members (excludes halogenated alkanes) is 1. The van der Waals surface area contributed by atoms with E-state index in [1.54, 1.807) is 24.3 Å². The number of hydrogen-bond donors (Lipinski definition) is 2. The number of aromatic nitrogens is 1. The van der Waals surface area contributed by atoms with Gasteiger partial charge < -0.3 is 5.32 Å². The second-order valence-electron chi connectivity index (χ2n) is 5.53. The predicted octanol–water partition coefficient (Wildman–Crippen LogP) is 3.42. The quantitative estimate of drug-likeness (QED) is 0.785. The van der Waals surface area contributed by atoms with E-state index in [9.17, 15) is 13.2 Å². The number of thiazole rings is 1. The molecule has 0 aliphatic rings. The van der Waals surface area contributed by atoms with Gasteiger partial charge in [0.15, 0.2) is 0 Å². The summed E-state index contributed by atoms with van der Waals surface area (Å²) in [5, 5.41) is 3.76. The van der Waals surface area contributed by atoms with Crippen LogP contribution in [0.25, 0.3) is 0 Å². The van der Waals surface area contributed by atoms with Gasteiger partial charge in [0.1, 0.15) is 4.88 Å². The molecule has 0 saturated carbocycles. The van der Waals surface area contributed by atoms with Gasteiger partial charge in [-0.1, -0.05) is 19.4 Å². The van der Waals surface area contributed by atoms with Crippen molar-refractivity contribution in [2.45, 2.75) is 33.1 Å². The first kappa shape index (κ1) is 18.4. The Morgan fingerprint density at radius 3 is 2.67 bits per heavy atom. The van der Waals surface area contributed by atoms with Crippen molar-refractivity contribution in [3.63, 3.8) is 0 Å². The van der Waals surface area contributed by atoms with Crippen LogP contribution in [0, 0.1) is 6.92 Å². The lowest BCUT2D eigenvalue weighted by Crippen LogP contribution is -2.13. The van der Waals surface area contributed by atoms with E-state index in [-0.39, 0.29) is 5.91 Å². The number of hydrogen-bond acceptors (Lipinski definition) is 5. The van der Waals surface area contributed by atoms with Crippen molar-refractivity contribution >= 4 is 38.6 Å². The van der Waals surface area contributed by atoms with Crippen molar-refractivity contribution in [3.8, 4) is 0 Å². The first-order valence-electron chi connectivity index (χ1n) is 7.64.